The van der Waals surface area contributed by atoms with Gasteiger partial charge in [-0.15, -0.1) is 0 Å². The van der Waals surface area contributed by atoms with Crippen LogP contribution in [0.1, 0.15) is 11.3 Å². The van der Waals surface area contributed by atoms with E-state index >= 15 is 0 Å². The second-order valence-corrected chi connectivity index (χ2v) is 10.7. The van der Waals surface area contributed by atoms with Crippen LogP contribution in [-0.4, -0.2) is 108 Å². The molecule has 1 aromatic carbocycles. The Morgan fingerprint density at radius 1 is 0.977 bits per heavy atom. The first-order valence-corrected chi connectivity index (χ1v) is 13.7. The molecule has 0 atom stereocenters. The summed E-state index contributed by atoms with van der Waals surface area (Å²) >= 11 is 0. The van der Waals surface area contributed by atoms with Crippen LogP contribution < -0.4 is 4.90 Å². The highest BCUT2D eigenvalue weighted by Crippen LogP contribution is 2.35. The number of benzene rings is 1. The van der Waals surface area contributed by atoms with E-state index in [1.54, 1.807) is 17.8 Å². The third kappa shape index (κ3) is 6.03. The molecular formula is C28H27B4N7O4. The van der Waals surface area contributed by atoms with Gasteiger partial charge in [-0.1, -0.05) is 29.0 Å². The van der Waals surface area contributed by atoms with E-state index in [1.165, 1.54) is 4.68 Å². The number of aromatic nitrogens is 5. The summed E-state index contributed by atoms with van der Waals surface area (Å²) in [6, 6.07) is 15.6. The molecule has 1 saturated heterocycles. The van der Waals surface area contributed by atoms with Crippen LogP contribution in [0.5, 0.6) is 0 Å². The van der Waals surface area contributed by atoms with Crippen LogP contribution in [0.15, 0.2) is 59.1 Å². The molecule has 0 spiro atoms. The lowest BCUT2D eigenvalue weighted by molar-refractivity contribution is -0.204. The summed E-state index contributed by atoms with van der Waals surface area (Å²) < 4.78 is 15.2. The van der Waals surface area contributed by atoms with Gasteiger partial charge in [-0.2, -0.15) is 10.2 Å². The minimum absolute atomic E-state index is 0.222. The predicted molar refractivity (Wildman–Crippen MR) is 165 cm³/mol. The number of nitrogens with zero attached hydrogens (tertiary/aromatic N) is 7. The standard InChI is InChI=1S/C28H27B4N7O4/c1-17-4-3-5-18(12-17)20-6-7-38(35-20)25-15-23(37-8-10-42-11-9-37)26-22(33-25)14-24(43-26)21-13-19(36(2)34-21)16-39(27(29,30)31)28(32,40)41/h3-7,12-15,40-41H,8-11,16H2,1-2H3. The Labute approximate surface area is 254 Å². The van der Waals surface area contributed by atoms with Crippen molar-refractivity contribution in [1.82, 2.24) is 29.4 Å². The fourth-order valence-electron chi connectivity index (χ4n) is 5.16. The van der Waals surface area contributed by atoms with Crippen LogP contribution in [0, 0.1) is 6.92 Å². The first kappa shape index (κ1) is 29.3. The van der Waals surface area contributed by atoms with E-state index in [2.05, 4.69) is 16.1 Å². The van der Waals surface area contributed by atoms with Crippen LogP contribution in [0.2, 0.25) is 0 Å². The summed E-state index contributed by atoms with van der Waals surface area (Å²) in [5.74, 6) is -1.79. The largest absolute Gasteiger partial charge is 0.450 e. The van der Waals surface area contributed by atoms with Gasteiger partial charge in [0.25, 0.3) is 0 Å². The molecule has 210 valence electrons. The number of hydrogen-bond acceptors (Lipinski definition) is 9. The Hall–Kier alpha value is -3.77. The minimum atomic E-state index is -2.87. The predicted octanol–water partition coefficient (Wildman–Crippen LogP) is 0.909. The molecule has 5 heterocycles. The fourth-order valence-corrected chi connectivity index (χ4v) is 5.16. The van der Waals surface area contributed by atoms with Crippen LogP contribution in [0.4, 0.5) is 5.69 Å². The van der Waals surface area contributed by atoms with Crippen molar-refractivity contribution in [2.45, 2.75) is 24.5 Å². The monoisotopic (exact) mass is 569 g/mol. The average Bonchev–Trinajstić information content (AvgIpc) is 3.69. The fraction of sp³-hybridized carbons (Fsp3) is 0.321. The third-order valence-corrected chi connectivity index (χ3v) is 7.35. The van der Waals surface area contributed by atoms with Gasteiger partial charge in [-0.25, -0.2) is 9.67 Å². The molecule has 0 aliphatic carbocycles. The molecule has 1 aliphatic heterocycles. The van der Waals surface area contributed by atoms with E-state index < -0.39 is 11.0 Å². The molecule has 43 heavy (non-hydrogen) atoms. The lowest BCUT2D eigenvalue weighted by Crippen LogP contribution is -2.62. The van der Waals surface area contributed by atoms with Crippen molar-refractivity contribution < 1.29 is 19.4 Å². The lowest BCUT2D eigenvalue weighted by atomic mass is 9.48. The smallest absolute Gasteiger partial charge is 0.178 e. The summed E-state index contributed by atoms with van der Waals surface area (Å²) in [5.41, 5.74) is 6.04. The normalized spacial score (nSPS) is 14.7. The second kappa shape index (κ2) is 11.1. The molecule has 6 rings (SSSR count). The summed E-state index contributed by atoms with van der Waals surface area (Å²) in [6.45, 7) is 4.39. The molecule has 1 fully saturated rings. The van der Waals surface area contributed by atoms with Gasteiger partial charge >= 0.3 is 0 Å². The highest BCUT2D eigenvalue weighted by molar-refractivity contribution is 6.59. The van der Waals surface area contributed by atoms with Gasteiger partial charge in [0, 0.05) is 50.6 Å². The zero-order valence-corrected chi connectivity index (χ0v) is 23.9. The van der Waals surface area contributed by atoms with Crippen LogP contribution in [0.3, 0.4) is 0 Å². The zero-order valence-electron chi connectivity index (χ0n) is 23.9. The number of aliphatic hydroxyl groups is 2. The Balaban J connectivity index is 1.40. The Morgan fingerprint density at radius 3 is 2.44 bits per heavy atom. The number of anilines is 1. The second-order valence-electron chi connectivity index (χ2n) is 10.7. The number of fused-ring (bicyclic) bond motifs is 1. The van der Waals surface area contributed by atoms with Crippen LogP contribution in [-0.2, 0) is 18.3 Å². The maximum atomic E-state index is 9.98. The first-order valence-electron chi connectivity index (χ1n) is 13.7. The quantitative estimate of drug-likeness (QED) is 0.208. The number of rotatable bonds is 8. The number of furan rings is 1. The van der Waals surface area contributed by atoms with Gasteiger partial charge in [-0.3, -0.25) is 9.58 Å². The number of aryl methyl sites for hydroxylation is 2. The number of ether oxygens (including phenoxy) is 1. The van der Waals surface area contributed by atoms with Crippen LogP contribution >= 0.6 is 0 Å². The third-order valence-electron chi connectivity index (χ3n) is 7.35. The summed E-state index contributed by atoms with van der Waals surface area (Å²) in [6.07, 6.45) is 1.89. The average molecular weight is 569 g/mol. The first-order chi connectivity index (χ1) is 20.4. The molecule has 15 heteroatoms. The van der Waals surface area contributed by atoms with Crippen molar-refractivity contribution in [2.75, 3.05) is 31.2 Å². The topological polar surface area (TPSA) is 118 Å². The van der Waals surface area contributed by atoms with Crippen molar-refractivity contribution in [3.8, 4) is 28.5 Å². The van der Waals surface area contributed by atoms with Gasteiger partial charge in [0.05, 0.1) is 53.8 Å². The molecule has 8 radical (unpaired) electrons. The maximum Gasteiger partial charge on any atom is 0.178 e. The highest BCUT2D eigenvalue weighted by Gasteiger charge is 2.34. The van der Waals surface area contributed by atoms with E-state index in [4.69, 9.17) is 50.6 Å². The molecule has 0 bridgehead atoms. The van der Waals surface area contributed by atoms with E-state index in [0.29, 0.717) is 60.4 Å². The minimum Gasteiger partial charge on any atom is -0.450 e. The molecule has 2 N–H and O–H groups in total. The summed E-state index contributed by atoms with van der Waals surface area (Å²) in [7, 11) is 24.3. The molecule has 1 aliphatic rings. The molecule has 0 saturated carbocycles. The molecule has 0 unspecified atom stereocenters. The van der Waals surface area contributed by atoms with Crippen molar-refractivity contribution >= 4 is 48.2 Å². The SMILES string of the molecule is [B]C([B])([B])N(Cc1cc(-c2cc3nc(-n4ccc(-c5cccc(C)c5)n4)cc(N4CCOCC4)c3o2)nn1C)C([B])(O)O. The number of hydrogen-bond donors (Lipinski definition) is 2. The van der Waals surface area contributed by atoms with Crippen molar-refractivity contribution in [1.29, 1.82) is 0 Å². The van der Waals surface area contributed by atoms with Gasteiger partial charge in [-0.05, 0) is 25.1 Å². The Kier molecular flexibility index (Phi) is 7.54. The maximum absolute atomic E-state index is 9.98. The number of pyridine rings is 1. The Bertz CT molecular complexity index is 1750. The molecular weight excluding hydrogens is 542 g/mol. The van der Waals surface area contributed by atoms with E-state index in [1.807, 2.05) is 49.5 Å². The molecule has 5 aromatic rings. The van der Waals surface area contributed by atoms with Crippen molar-refractivity contribution in [2.24, 2.45) is 7.05 Å². The van der Waals surface area contributed by atoms with Gasteiger partial charge in [0.1, 0.15) is 11.2 Å². The molecule has 0 amide bonds. The summed E-state index contributed by atoms with van der Waals surface area (Å²) in [5, 5.41) is 27.2. The van der Waals surface area contributed by atoms with E-state index in [0.717, 1.165) is 27.4 Å². The number of morpholine rings is 1. The highest BCUT2D eigenvalue weighted by atomic mass is 16.5. The van der Waals surface area contributed by atoms with Crippen molar-refractivity contribution in [3.05, 3.63) is 66.0 Å². The van der Waals surface area contributed by atoms with E-state index in [9.17, 15) is 10.2 Å². The van der Waals surface area contributed by atoms with Gasteiger partial charge in [0.15, 0.2) is 30.8 Å². The lowest BCUT2D eigenvalue weighted by Gasteiger charge is -2.44. The van der Waals surface area contributed by atoms with E-state index in [-0.39, 0.29) is 6.54 Å². The molecule has 11 nitrogen and oxygen atoms in total. The van der Waals surface area contributed by atoms with Crippen molar-refractivity contribution in [3.63, 3.8) is 0 Å². The summed E-state index contributed by atoms with van der Waals surface area (Å²) in [4.78, 5) is 7.81. The van der Waals surface area contributed by atoms with Gasteiger partial charge in [0.2, 0.25) is 0 Å². The zero-order chi connectivity index (χ0) is 30.5. The van der Waals surface area contributed by atoms with Crippen LogP contribution in [0.25, 0.3) is 39.6 Å². The molecule has 4 aromatic heterocycles. The van der Waals surface area contributed by atoms with Gasteiger partial charge < -0.3 is 24.3 Å². The Morgan fingerprint density at radius 2 is 1.74 bits per heavy atom.